The van der Waals surface area contributed by atoms with Gasteiger partial charge in [-0.3, -0.25) is 4.79 Å². The van der Waals surface area contributed by atoms with Gasteiger partial charge in [-0.05, 0) is 26.2 Å². The van der Waals surface area contributed by atoms with Gasteiger partial charge in [0.1, 0.15) is 0 Å². The van der Waals surface area contributed by atoms with Gasteiger partial charge in [0.25, 0.3) is 0 Å². The van der Waals surface area contributed by atoms with E-state index in [9.17, 15) is 18.0 Å². The van der Waals surface area contributed by atoms with Gasteiger partial charge < -0.3 is 15.5 Å². The predicted octanol–water partition coefficient (Wildman–Crippen LogP) is 1.58. The van der Waals surface area contributed by atoms with E-state index in [-0.39, 0.29) is 24.6 Å². The summed E-state index contributed by atoms with van der Waals surface area (Å²) in [5.41, 5.74) is -0.162. The summed E-state index contributed by atoms with van der Waals surface area (Å²) in [6.45, 7) is 1.37. The zero-order chi connectivity index (χ0) is 15.1. The van der Waals surface area contributed by atoms with Crippen molar-refractivity contribution in [1.29, 1.82) is 0 Å². The molecule has 4 nitrogen and oxygen atoms in total. The molecular formula is C13H18F3N3O. The Morgan fingerprint density at radius 2 is 1.85 bits per heavy atom. The lowest BCUT2D eigenvalue weighted by Crippen LogP contribution is -2.32. The number of halogens is 3. The third kappa shape index (κ3) is 5.08. The maximum absolute atomic E-state index is 13.3. The van der Waals surface area contributed by atoms with Gasteiger partial charge in [0, 0.05) is 26.1 Å². The second-order valence-electron chi connectivity index (χ2n) is 4.55. The van der Waals surface area contributed by atoms with Gasteiger partial charge in [-0.25, -0.2) is 13.2 Å². The molecule has 0 aromatic heterocycles. The van der Waals surface area contributed by atoms with Gasteiger partial charge in [0.05, 0.1) is 5.69 Å². The molecule has 1 amide bonds. The SMILES string of the molecule is CN(C)CCNC(=O)CCNc1ccc(F)c(F)c1F. The topological polar surface area (TPSA) is 44.4 Å². The van der Waals surface area contributed by atoms with E-state index in [1.165, 1.54) is 0 Å². The minimum absolute atomic E-state index is 0.117. The third-order valence-electron chi connectivity index (χ3n) is 2.58. The Kier molecular flexibility index (Phi) is 6.30. The van der Waals surface area contributed by atoms with Gasteiger partial charge >= 0.3 is 0 Å². The van der Waals surface area contributed by atoms with Crippen LogP contribution in [0.1, 0.15) is 6.42 Å². The minimum atomic E-state index is -1.52. The molecular weight excluding hydrogens is 271 g/mol. The van der Waals surface area contributed by atoms with Crippen LogP contribution in [0.5, 0.6) is 0 Å². The molecule has 2 N–H and O–H groups in total. The van der Waals surface area contributed by atoms with Crippen LogP contribution in [-0.4, -0.2) is 44.5 Å². The first kappa shape index (κ1) is 16.3. The fourth-order valence-corrected chi connectivity index (χ4v) is 1.48. The Bertz CT molecular complexity index is 466. The normalized spacial score (nSPS) is 10.7. The Balaban J connectivity index is 2.34. The average molecular weight is 289 g/mol. The van der Waals surface area contributed by atoms with Crippen molar-refractivity contribution in [2.75, 3.05) is 39.0 Å². The number of hydrogen-bond acceptors (Lipinski definition) is 3. The number of nitrogens with one attached hydrogen (secondary N) is 2. The van der Waals surface area contributed by atoms with Crippen LogP contribution in [0.2, 0.25) is 0 Å². The monoisotopic (exact) mass is 289 g/mol. The van der Waals surface area contributed by atoms with Crippen molar-refractivity contribution in [3.8, 4) is 0 Å². The highest BCUT2D eigenvalue weighted by molar-refractivity contribution is 5.76. The number of carbonyl (C=O) groups is 1. The van der Waals surface area contributed by atoms with Crippen molar-refractivity contribution in [2.45, 2.75) is 6.42 Å². The summed E-state index contributed by atoms with van der Waals surface area (Å²) < 4.78 is 38.9. The smallest absolute Gasteiger partial charge is 0.221 e. The summed E-state index contributed by atoms with van der Waals surface area (Å²) in [5, 5.41) is 5.25. The largest absolute Gasteiger partial charge is 0.382 e. The highest BCUT2D eigenvalue weighted by Crippen LogP contribution is 2.19. The highest BCUT2D eigenvalue weighted by Gasteiger charge is 2.13. The van der Waals surface area contributed by atoms with Crippen molar-refractivity contribution >= 4 is 11.6 Å². The van der Waals surface area contributed by atoms with Gasteiger partial charge in [0.15, 0.2) is 17.5 Å². The van der Waals surface area contributed by atoms with Gasteiger partial charge in [-0.1, -0.05) is 0 Å². The lowest BCUT2D eigenvalue weighted by Gasteiger charge is -2.11. The van der Waals surface area contributed by atoms with E-state index in [4.69, 9.17) is 0 Å². The molecule has 112 valence electrons. The molecule has 0 bridgehead atoms. The molecule has 0 aliphatic rings. The van der Waals surface area contributed by atoms with Crippen molar-refractivity contribution in [1.82, 2.24) is 10.2 Å². The van der Waals surface area contributed by atoms with Gasteiger partial charge in [-0.2, -0.15) is 0 Å². The van der Waals surface area contributed by atoms with Crippen LogP contribution in [0, 0.1) is 17.5 Å². The number of likely N-dealkylation sites (N-methyl/N-ethyl adjacent to an activating group) is 1. The Morgan fingerprint density at radius 3 is 2.50 bits per heavy atom. The van der Waals surface area contributed by atoms with E-state index >= 15 is 0 Å². The van der Waals surface area contributed by atoms with Gasteiger partial charge in [-0.15, -0.1) is 0 Å². The Hall–Kier alpha value is -1.76. The number of nitrogens with zero attached hydrogens (tertiary/aromatic N) is 1. The molecule has 1 aromatic carbocycles. The summed E-state index contributed by atoms with van der Waals surface area (Å²) in [7, 11) is 3.78. The molecule has 0 unspecified atom stereocenters. The Labute approximate surface area is 116 Å². The second-order valence-corrected chi connectivity index (χ2v) is 4.55. The standard InChI is InChI=1S/C13H18F3N3O/c1-19(2)8-7-18-11(20)5-6-17-10-4-3-9(14)12(15)13(10)16/h3-4,17H,5-8H2,1-2H3,(H,18,20). The second kappa shape index (κ2) is 7.74. The van der Waals surface area contributed by atoms with Crippen LogP contribution in [0.15, 0.2) is 12.1 Å². The summed E-state index contributed by atoms with van der Waals surface area (Å²) in [6.07, 6.45) is 0.117. The van der Waals surface area contributed by atoms with Gasteiger partial charge in [0.2, 0.25) is 5.91 Å². The molecule has 0 atom stereocenters. The number of rotatable bonds is 7. The average Bonchev–Trinajstić information content (AvgIpc) is 2.38. The van der Waals surface area contributed by atoms with Crippen LogP contribution < -0.4 is 10.6 Å². The fraction of sp³-hybridized carbons (Fsp3) is 0.462. The number of anilines is 1. The molecule has 0 aliphatic carbocycles. The number of carbonyl (C=O) groups excluding carboxylic acids is 1. The number of hydrogen-bond donors (Lipinski definition) is 2. The molecule has 0 saturated carbocycles. The van der Waals surface area contributed by atoms with Crippen LogP contribution in [0.25, 0.3) is 0 Å². The maximum Gasteiger partial charge on any atom is 0.221 e. The zero-order valence-corrected chi connectivity index (χ0v) is 11.5. The lowest BCUT2D eigenvalue weighted by atomic mass is 10.2. The fourth-order valence-electron chi connectivity index (χ4n) is 1.48. The molecule has 1 aromatic rings. The van der Waals surface area contributed by atoms with Crippen molar-refractivity contribution in [3.63, 3.8) is 0 Å². The molecule has 0 spiro atoms. The van der Waals surface area contributed by atoms with E-state index in [1.807, 2.05) is 19.0 Å². The van der Waals surface area contributed by atoms with Crippen LogP contribution in [-0.2, 0) is 4.79 Å². The molecule has 0 aliphatic heterocycles. The van der Waals surface area contributed by atoms with E-state index in [2.05, 4.69) is 10.6 Å². The molecule has 7 heteroatoms. The number of benzene rings is 1. The summed E-state index contributed by atoms with van der Waals surface area (Å²) in [4.78, 5) is 13.3. The first-order chi connectivity index (χ1) is 9.41. The van der Waals surface area contributed by atoms with Crippen LogP contribution >= 0.6 is 0 Å². The van der Waals surface area contributed by atoms with Crippen LogP contribution in [0.3, 0.4) is 0 Å². The third-order valence-corrected chi connectivity index (χ3v) is 2.58. The maximum atomic E-state index is 13.3. The van der Waals surface area contributed by atoms with E-state index < -0.39 is 17.5 Å². The number of amides is 1. The van der Waals surface area contributed by atoms with E-state index in [0.29, 0.717) is 6.54 Å². The highest BCUT2D eigenvalue weighted by atomic mass is 19.2. The first-order valence-corrected chi connectivity index (χ1v) is 6.20. The first-order valence-electron chi connectivity index (χ1n) is 6.20. The quantitative estimate of drug-likeness (QED) is 0.749. The predicted molar refractivity (Wildman–Crippen MR) is 71.0 cm³/mol. The minimum Gasteiger partial charge on any atom is -0.382 e. The lowest BCUT2D eigenvalue weighted by molar-refractivity contribution is -0.120. The van der Waals surface area contributed by atoms with Crippen molar-refractivity contribution in [2.24, 2.45) is 0 Å². The molecule has 0 saturated heterocycles. The van der Waals surface area contributed by atoms with E-state index in [1.54, 1.807) is 0 Å². The van der Waals surface area contributed by atoms with E-state index in [0.717, 1.165) is 18.7 Å². The van der Waals surface area contributed by atoms with Crippen molar-refractivity contribution in [3.05, 3.63) is 29.6 Å². The Morgan fingerprint density at radius 1 is 1.15 bits per heavy atom. The molecule has 0 heterocycles. The summed E-state index contributed by atoms with van der Waals surface area (Å²) >= 11 is 0. The van der Waals surface area contributed by atoms with Crippen LogP contribution in [0.4, 0.5) is 18.9 Å². The molecule has 20 heavy (non-hydrogen) atoms. The molecule has 1 rings (SSSR count). The summed E-state index contributed by atoms with van der Waals surface area (Å²) in [6, 6.07) is 1.93. The summed E-state index contributed by atoms with van der Waals surface area (Å²) in [5.74, 6) is -4.24. The zero-order valence-electron chi connectivity index (χ0n) is 11.5. The molecule has 0 fully saturated rings. The van der Waals surface area contributed by atoms with Crippen molar-refractivity contribution < 1.29 is 18.0 Å². The molecule has 0 radical (unpaired) electrons.